The Morgan fingerprint density at radius 2 is 1.59 bits per heavy atom. The summed E-state index contributed by atoms with van der Waals surface area (Å²) in [6.07, 6.45) is 6.50. The van der Waals surface area contributed by atoms with Crippen LogP contribution in [0.25, 0.3) is 5.57 Å². The van der Waals surface area contributed by atoms with E-state index in [4.69, 9.17) is 4.74 Å². The number of carbonyl (C=O) groups is 1. The number of esters is 1. The lowest BCUT2D eigenvalue weighted by Gasteiger charge is -2.24. The Bertz CT molecular complexity index is 780. The Kier molecular flexibility index (Phi) is 6.46. The molecule has 1 unspecified atom stereocenters. The van der Waals surface area contributed by atoms with Gasteiger partial charge in [0.1, 0.15) is 6.61 Å². The summed E-state index contributed by atoms with van der Waals surface area (Å²) in [5.74, 6) is -0.409. The van der Waals surface area contributed by atoms with Gasteiger partial charge in [0.05, 0.1) is 5.57 Å². The molecule has 1 aliphatic heterocycles. The van der Waals surface area contributed by atoms with E-state index in [-0.39, 0.29) is 6.61 Å². The Balaban J connectivity index is 2.00. The SMILES string of the molecule is CCCCCCC/C(=C1\C(=O)OCC1(O)c1ccccc1)c1ccccc1. The molecule has 2 aromatic carbocycles. The van der Waals surface area contributed by atoms with Gasteiger partial charge in [-0.25, -0.2) is 4.79 Å². The number of ether oxygens (including phenoxy) is 1. The predicted octanol–water partition coefficient (Wildman–Crippen LogP) is 5.25. The fourth-order valence-electron chi connectivity index (χ4n) is 3.76. The minimum Gasteiger partial charge on any atom is -0.458 e. The molecule has 0 saturated carbocycles. The van der Waals surface area contributed by atoms with Crippen LogP contribution in [0.5, 0.6) is 0 Å². The van der Waals surface area contributed by atoms with Crippen molar-refractivity contribution in [2.75, 3.05) is 6.61 Å². The third kappa shape index (κ3) is 4.30. The van der Waals surface area contributed by atoms with Crippen molar-refractivity contribution >= 4 is 11.5 Å². The van der Waals surface area contributed by atoms with Crippen LogP contribution in [-0.2, 0) is 15.1 Å². The lowest BCUT2D eigenvalue weighted by Crippen LogP contribution is -2.29. The Morgan fingerprint density at radius 3 is 2.26 bits per heavy atom. The first kappa shape index (κ1) is 19.4. The minimum atomic E-state index is -1.40. The molecular formula is C24H28O3. The van der Waals surface area contributed by atoms with Gasteiger partial charge in [-0.1, -0.05) is 93.3 Å². The predicted molar refractivity (Wildman–Crippen MR) is 108 cm³/mol. The first-order chi connectivity index (χ1) is 13.2. The maximum absolute atomic E-state index is 12.7. The highest BCUT2D eigenvalue weighted by atomic mass is 16.6. The maximum Gasteiger partial charge on any atom is 0.337 e. The summed E-state index contributed by atoms with van der Waals surface area (Å²) in [5, 5.41) is 11.5. The van der Waals surface area contributed by atoms with Crippen molar-refractivity contribution in [3.05, 3.63) is 77.4 Å². The molecule has 0 amide bonds. The summed E-state index contributed by atoms with van der Waals surface area (Å²) in [5.41, 5.74) is 1.59. The Morgan fingerprint density at radius 1 is 0.963 bits per heavy atom. The molecular weight excluding hydrogens is 336 g/mol. The smallest absolute Gasteiger partial charge is 0.337 e. The topological polar surface area (TPSA) is 46.5 Å². The molecule has 0 aliphatic carbocycles. The lowest BCUT2D eigenvalue weighted by atomic mass is 9.82. The van der Waals surface area contributed by atoms with Gasteiger partial charge in [0.25, 0.3) is 0 Å². The fourth-order valence-corrected chi connectivity index (χ4v) is 3.76. The molecule has 2 aromatic rings. The van der Waals surface area contributed by atoms with Crippen LogP contribution in [0.15, 0.2) is 66.2 Å². The molecule has 3 rings (SSSR count). The Labute approximate surface area is 161 Å². The van der Waals surface area contributed by atoms with Gasteiger partial charge in [-0.3, -0.25) is 0 Å². The fraction of sp³-hybridized carbons (Fsp3) is 0.375. The van der Waals surface area contributed by atoms with Crippen molar-refractivity contribution in [1.82, 2.24) is 0 Å². The average molecular weight is 364 g/mol. The highest BCUT2D eigenvalue weighted by Crippen LogP contribution is 2.41. The third-order valence-electron chi connectivity index (χ3n) is 5.24. The summed E-state index contributed by atoms with van der Waals surface area (Å²) >= 11 is 0. The second kappa shape index (κ2) is 9.01. The summed E-state index contributed by atoms with van der Waals surface area (Å²) in [4.78, 5) is 12.7. The van der Waals surface area contributed by atoms with Crippen LogP contribution in [0.2, 0.25) is 0 Å². The van der Waals surface area contributed by atoms with Crippen molar-refractivity contribution in [2.24, 2.45) is 0 Å². The van der Waals surface area contributed by atoms with E-state index in [1.54, 1.807) is 0 Å². The summed E-state index contributed by atoms with van der Waals surface area (Å²) in [7, 11) is 0. The monoisotopic (exact) mass is 364 g/mol. The van der Waals surface area contributed by atoms with Gasteiger partial charge in [0.2, 0.25) is 0 Å². The molecule has 3 heteroatoms. The van der Waals surface area contributed by atoms with Gasteiger partial charge >= 0.3 is 5.97 Å². The second-order valence-corrected chi connectivity index (χ2v) is 7.19. The number of hydrogen-bond donors (Lipinski definition) is 1. The van der Waals surface area contributed by atoms with E-state index >= 15 is 0 Å². The molecule has 1 atom stereocenters. The number of cyclic esters (lactones) is 1. The number of rotatable bonds is 8. The van der Waals surface area contributed by atoms with E-state index in [9.17, 15) is 9.90 Å². The van der Waals surface area contributed by atoms with Gasteiger partial charge in [0.15, 0.2) is 5.60 Å². The van der Waals surface area contributed by atoms with Crippen molar-refractivity contribution in [2.45, 2.75) is 51.0 Å². The van der Waals surface area contributed by atoms with Gasteiger partial charge in [-0.15, -0.1) is 0 Å². The molecule has 1 heterocycles. The molecule has 0 bridgehead atoms. The molecule has 142 valence electrons. The highest BCUT2D eigenvalue weighted by Gasteiger charge is 2.47. The Hall–Kier alpha value is -2.39. The number of unbranched alkanes of at least 4 members (excludes halogenated alkanes) is 4. The van der Waals surface area contributed by atoms with E-state index in [1.165, 1.54) is 19.3 Å². The van der Waals surface area contributed by atoms with Crippen LogP contribution in [0.3, 0.4) is 0 Å². The van der Waals surface area contributed by atoms with Gasteiger partial charge in [-0.2, -0.15) is 0 Å². The molecule has 1 saturated heterocycles. The molecule has 1 aliphatic rings. The summed E-state index contributed by atoms with van der Waals surface area (Å²) in [6, 6.07) is 19.3. The van der Waals surface area contributed by atoms with E-state index in [1.807, 2.05) is 60.7 Å². The van der Waals surface area contributed by atoms with Crippen LogP contribution in [0.4, 0.5) is 0 Å². The first-order valence-corrected chi connectivity index (χ1v) is 9.91. The van der Waals surface area contributed by atoms with Crippen LogP contribution >= 0.6 is 0 Å². The van der Waals surface area contributed by atoms with Gasteiger partial charge < -0.3 is 9.84 Å². The number of carbonyl (C=O) groups excluding carboxylic acids is 1. The van der Waals surface area contributed by atoms with E-state index in [0.717, 1.165) is 30.4 Å². The van der Waals surface area contributed by atoms with Gasteiger partial charge in [0, 0.05) is 0 Å². The highest BCUT2D eigenvalue weighted by molar-refractivity contribution is 6.02. The lowest BCUT2D eigenvalue weighted by molar-refractivity contribution is -0.135. The van der Waals surface area contributed by atoms with Crippen molar-refractivity contribution in [1.29, 1.82) is 0 Å². The van der Waals surface area contributed by atoms with Crippen LogP contribution in [0, 0.1) is 0 Å². The van der Waals surface area contributed by atoms with Gasteiger partial charge in [-0.05, 0) is 29.5 Å². The number of benzene rings is 2. The van der Waals surface area contributed by atoms with E-state index in [2.05, 4.69) is 6.92 Å². The van der Waals surface area contributed by atoms with Crippen LogP contribution < -0.4 is 0 Å². The van der Waals surface area contributed by atoms with Crippen LogP contribution in [-0.4, -0.2) is 17.7 Å². The van der Waals surface area contributed by atoms with E-state index in [0.29, 0.717) is 11.1 Å². The van der Waals surface area contributed by atoms with E-state index < -0.39 is 11.6 Å². The molecule has 1 N–H and O–H groups in total. The van der Waals surface area contributed by atoms with Crippen molar-refractivity contribution in [3.8, 4) is 0 Å². The first-order valence-electron chi connectivity index (χ1n) is 9.91. The molecule has 0 radical (unpaired) electrons. The minimum absolute atomic E-state index is 0.0304. The molecule has 1 fully saturated rings. The summed E-state index contributed by atoms with van der Waals surface area (Å²) < 4.78 is 5.34. The largest absolute Gasteiger partial charge is 0.458 e. The van der Waals surface area contributed by atoms with Crippen molar-refractivity contribution in [3.63, 3.8) is 0 Å². The molecule has 3 nitrogen and oxygen atoms in total. The van der Waals surface area contributed by atoms with Crippen LogP contribution in [0.1, 0.15) is 56.6 Å². The maximum atomic E-state index is 12.7. The zero-order chi connectivity index (χ0) is 19.1. The third-order valence-corrected chi connectivity index (χ3v) is 5.24. The standard InChI is InChI=1S/C24H28O3/c1-2-3-4-5-12-17-21(19-13-8-6-9-14-19)22-23(25)27-18-24(22,26)20-15-10-7-11-16-20/h6-11,13-16,26H,2-5,12,17-18H2,1H3/b22-21-. The molecule has 0 aromatic heterocycles. The molecule has 0 spiro atoms. The van der Waals surface area contributed by atoms with Crippen molar-refractivity contribution < 1.29 is 14.6 Å². The molecule has 27 heavy (non-hydrogen) atoms. The zero-order valence-electron chi connectivity index (χ0n) is 16.0. The number of hydrogen-bond acceptors (Lipinski definition) is 3. The second-order valence-electron chi connectivity index (χ2n) is 7.19. The summed E-state index contributed by atoms with van der Waals surface area (Å²) in [6.45, 7) is 2.17. The normalized spacial score (nSPS) is 21.2. The quantitative estimate of drug-likeness (QED) is 0.395. The zero-order valence-corrected chi connectivity index (χ0v) is 16.0. The average Bonchev–Trinajstić information content (AvgIpc) is 3.02. The number of aliphatic hydroxyl groups is 1. The number of allylic oxidation sites excluding steroid dienone is 1.